The van der Waals surface area contributed by atoms with Crippen molar-refractivity contribution in [1.82, 2.24) is 15.1 Å². The van der Waals surface area contributed by atoms with E-state index in [1.807, 2.05) is 6.92 Å². The molecule has 4 unspecified atom stereocenters. The van der Waals surface area contributed by atoms with Crippen molar-refractivity contribution >= 4 is 24.1 Å². The molecule has 2 saturated heterocycles. The number of aliphatic imine (C=N–C) groups is 1. The number of benzene rings is 1. The molecule has 3 heterocycles. The Morgan fingerprint density at radius 1 is 1.32 bits per heavy atom. The lowest BCUT2D eigenvalue weighted by atomic mass is 9.90. The Kier molecular flexibility index (Phi) is 9.55. The first-order chi connectivity index (χ1) is 17.9. The van der Waals surface area contributed by atoms with Gasteiger partial charge in [0.2, 0.25) is 0 Å². The zero-order valence-electron chi connectivity index (χ0n) is 22.5. The number of hydrogen-bond donors (Lipinski definition) is 4. The van der Waals surface area contributed by atoms with E-state index in [0.29, 0.717) is 19.0 Å². The summed E-state index contributed by atoms with van der Waals surface area (Å²) in [4.78, 5) is 17.6. The number of likely N-dealkylation sites (tertiary alicyclic amines) is 1. The van der Waals surface area contributed by atoms with E-state index in [9.17, 15) is 8.78 Å². The van der Waals surface area contributed by atoms with Crippen LogP contribution in [0.5, 0.6) is 0 Å². The summed E-state index contributed by atoms with van der Waals surface area (Å²) in [5, 5.41) is 26.2. The summed E-state index contributed by atoms with van der Waals surface area (Å²) in [6, 6.07) is 3.56. The highest BCUT2D eigenvalue weighted by atomic mass is 19.1. The van der Waals surface area contributed by atoms with E-state index in [2.05, 4.69) is 35.9 Å². The highest BCUT2D eigenvalue weighted by Crippen LogP contribution is 2.36. The fourth-order valence-electron chi connectivity index (χ4n) is 5.49. The van der Waals surface area contributed by atoms with Crippen LogP contribution in [0.3, 0.4) is 0 Å². The molecule has 4 rings (SSSR count). The maximum absolute atomic E-state index is 14.6. The number of carboxylic acid groups (broad SMARTS) is 1. The monoisotopic (exact) mass is 536 g/mol. The lowest BCUT2D eigenvalue weighted by molar-refractivity contribution is -0.122. The third-order valence-corrected chi connectivity index (χ3v) is 6.81. The summed E-state index contributed by atoms with van der Waals surface area (Å²) in [5.74, 6) is -0.557. The van der Waals surface area contributed by atoms with Gasteiger partial charge in [0.15, 0.2) is 11.7 Å². The van der Waals surface area contributed by atoms with Gasteiger partial charge in [-0.15, -0.1) is 0 Å². The van der Waals surface area contributed by atoms with Gasteiger partial charge in [-0.2, -0.15) is 0 Å². The van der Waals surface area contributed by atoms with Crippen LogP contribution in [0.2, 0.25) is 0 Å². The van der Waals surface area contributed by atoms with Crippen molar-refractivity contribution in [2.75, 3.05) is 26.2 Å². The van der Waals surface area contributed by atoms with Gasteiger partial charge in [-0.25, -0.2) is 8.78 Å². The molecule has 0 aliphatic carbocycles. The van der Waals surface area contributed by atoms with E-state index in [1.54, 1.807) is 0 Å². The minimum Gasteiger partial charge on any atom is -0.483 e. The molecule has 0 bridgehead atoms. The van der Waals surface area contributed by atoms with Crippen LogP contribution in [-0.4, -0.2) is 95.0 Å². The number of nitrogens with zero attached hydrogens (tertiary/aromatic N) is 3. The Hall–Kier alpha value is -2.96. The average Bonchev–Trinajstić information content (AvgIpc) is 3.38. The first-order valence-corrected chi connectivity index (χ1v) is 12.7. The van der Waals surface area contributed by atoms with Gasteiger partial charge in [-0.05, 0) is 52.3 Å². The standard InChI is InChI=1S/C25H36F2N6O2.CH2O2/c1-6-33-21-12-32(11-20(21)30-24(33)23(29)35-14(2)28)16-10-19(31-25(3,4)5)22(34-13-16)17-9-15(26)7-8-18(17)27;2-1-3/h7-9,16,19-22,28-29,31H,6,10-13H2,1-5H3;1H,(H,2,3)/t16?,19?,20?,21?,22-;/m1./s1. The Morgan fingerprint density at radius 3 is 2.61 bits per heavy atom. The minimum absolute atomic E-state index is 0.00681. The molecule has 0 amide bonds. The number of likely N-dealkylation sites (N-methyl/N-ethyl adjacent to an activating group) is 1. The second-order valence-corrected chi connectivity index (χ2v) is 10.7. The van der Waals surface area contributed by atoms with Gasteiger partial charge < -0.3 is 24.8 Å². The topological polar surface area (TPSA) is 134 Å². The number of hydrogen-bond acceptors (Lipinski definition) is 9. The van der Waals surface area contributed by atoms with Gasteiger partial charge in [0.1, 0.15) is 17.7 Å². The predicted molar refractivity (Wildman–Crippen MR) is 140 cm³/mol. The minimum atomic E-state index is -0.581. The second kappa shape index (κ2) is 12.3. The normalized spacial score (nSPS) is 27.2. The van der Waals surface area contributed by atoms with Crippen LogP contribution in [0.25, 0.3) is 0 Å². The van der Waals surface area contributed by atoms with Gasteiger partial charge in [0, 0.05) is 49.7 Å². The summed E-state index contributed by atoms with van der Waals surface area (Å²) in [6.07, 6.45) is 0.147. The van der Waals surface area contributed by atoms with Crippen molar-refractivity contribution in [1.29, 1.82) is 10.8 Å². The van der Waals surface area contributed by atoms with Gasteiger partial charge >= 0.3 is 0 Å². The highest BCUT2D eigenvalue weighted by molar-refractivity contribution is 6.38. The number of rotatable bonds is 5. The molecular weight excluding hydrogens is 498 g/mol. The van der Waals surface area contributed by atoms with Crippen LogP contribution in [-0.2, 0) is 14.3 Å². The third kappa shape index (κ3) is 6.91. The first-order valence-electron chi connectivity index (χ1n) is 12.7. The Morgan fingerprint density at radius 2 is 2.00 bits per heavy atom. The lowest BCUT2D eigenvalue weighted by Crippen LogP contribution is -2.55. The maximum Gasteiger partial charge on any atom is 0.290 e. The van der Waals surface area contributed by atoms with Crippen molar-refractivity contribution < 1.29 is 28.2 Å². The van der Waals surface area contributed by atoms with Crippen LogP contribution in [0.1, 0.15) is 52.7 Å². The van der Waals surface area contributed by atoms with Crippen molar-refractivity contribution in [3.63, 3.8) is 0 Å². The largest absolute Gasteiger partial charge is 0.483 e. The number of nitrogens with one attached hydrogen (secondary N) is 3. The van der Waals surface area contributed by atoms with E-state index >= 15 is 0 Å². The molecule has 1 aromatic carbocycles. The summed E-state index contributed by atoms with van der Waals surface area (Å²) in [6.45, 7) is 12.0. The van der Waals surface area contributed by atoms with Crippen LogP contribution in [0, 0.1) is 22.5 Å². The smallest absolute Gasteiger partial charge is 0.290 e. The van der Waals surface area contributed by atoms with Crippen LogP contribution < -0.4 is 5.32 Å². The van der Waals surface area contributed by atoms with Crippen molar-refractivity contribution in [2.45, 2.75) is 76.8 Å². The first kappa shape index (κ1) is 29.6. The summed E-state index contributed by atoms with van der Waals surface area (Å²) >= 11 is 0. The van der Waals surface area contributed by atoms with Crippen molar-refractivity contribution in [3.8, 4) is 0 Å². The van der Waals surface area contributed by atoms with Crippen LogP contribution >= 0.6 is 0 Å². The zero-order valence-corrected chi connectivity index (χ0v) is 22.5. The Balaban J connectivity index is 0.00000127. The average molecular weight is 537 g/mol. The molecule has 12 heteroatoms. The fraction of sp³-hybridized carbons (Fsp3) is 0.615. The number of carbonyl (C=O) groups is 1. The Labute approximate surface area is 222 Å². The molecule has 3 aliphatic heterocycles. The van der Waals surface area contributed by atoms with Crippen LogP contribution in [0.15, 0.2) is 23.2 Å². The SMILES string of the molecule is CCN1C(C(=N)OC(C)=N)=NC2CN(C3CO[C@H](c4cc(F)ccc4F)C(NC(C)(C)C)C3)CC21.O=CO. The third-order valence-electron chi connectivity index (χ3n) is 6.81. The predicted octanol–water partition coefficient (Wildman–Crippen LogP) is 3.03. The van der Waals surface area contributed by atoms with E-state index < -0.39 is 17.7 Å². The molecule has 0 saturated carbocycles. The van der Waals surface area contributed by atoms with Crippen molar-refractivity contribution in [3.05, 3.63) is 35.4 Å². The molecule has 38 heavy (non-hydrogen) atoms. The second-order valence-electron chi connectivity index (χ2n) is 10.7. The molecule has 3 aliphatic rings. The molecule has 0 spiro atoms. The molecule has 5 atom stereocenters. The molecule has 210 valence electrons. The van der Waals surface area contributed by atoms with E-state index in [0.717, 1.165) is 31.6 Å². The molecule has 1 aromatic rings. The summed E-state index contributed by atoms with van der Waals surface area (Å²) in [7, 11) is 0. The van der Waals surface area contributed by atoms with Crippen LogP contribution in [0.4, 0.5) is 8.78 Å². The zero-order chi connectivity index (χ0) is 28.2. The van der Waals surface area contributed by atoms with E-state index in [-0.39, 0.29) is 53.5 Å². The molecule has 4 N–H and O–H groups in total. The quantitative estimate of drug-likeness (QED) is 0.258. The van der Waals surface area contributed by atoms with Crippen molar-refractivity contribution in [2.24, 2.45) is 4.99 Å². The Bertz CT molecular complexity index is 1060. The summed E-state index contributed by atoms with van der Waals surface area (Å²) < 4.78 is 40.0. The number of ether oxygens (including phenoxy) is 2. The molecule has 10 nitrogen and oxygen atoms in total. The molecular formula is C26H38F2N6O4. The maximum atomic E-state index is 14.6. The summed E-state index contributed by atoms with van der Waals surface area (Å²) in [5.41, 5.74) is 0.0142. The number of amidine groups is 1. The van der Waals surface area contributed by atoms with Gasteiger partial charge in [0.05, 0.1) is 18.7 Å². The molecule has 2 fully saturated rings. The molecule has 0 radical (unpaired) electrons. The van der Waals surface area contributed by atoms with Gasteiger partial charge in [-0.1, -0.05) is 0 Å². The number of halogens is 2. The van der Waals surface area contributed by atoms with E-state index in [4.69, 9.17) is 35.2 Å². The van der Waals surface area contributed by atoms with Gasteiger partial charge in [0.25, 0.3) is 12.4 Å². The number of fused-ring (bicyclic) bond motifs is 1. The van der Waals surface area contributed by atoms with Gasteiger partial charge in [-0.3, -0.25) is 25.5 Å². The highest BCUT2D eigenvalue weighted by Gasteiger charge is 2.47. The molecule has 0 aromatic heterocycles. The lowest BCUT2D eigenvalue weighted by Gasteiger charge is -2.43. The fourth-order valence-corrected chi connectivity index (χ4v) is 5.49. The van der Waals surface area contributed by atoms with E-state index in [1.165, 1.54) is 13.0 Å².